The monoisotopic (exact) mass is 366 g/mol. The van der Waals surface area contributed by atoms with Gasteiger partial charge in [-0.2, -0.15) is 0 Å². The van der Waals surface area contributed by atoms with Crippen molar-refractivity contribution in [2.75, 3.05) is 7.05 Å². The molecule has 0 fully saturated rings. The minimum atomic E-state index is -1.49. The molecule has 2 rings (SSSR count). The molecule has 140 valence electrons. The van der Waals surface area contributed by atoms with Crippen LogP contribution in [0.25, 0.3) is 6.08 Å². The van der Waals surface area contributed by atoms with Crippen LogP contribution in [0.15, 0.2) is 60.7 Å². The first-order valence-electron chi connectivity index (χ1n) is 8.54. The number of nitrogens with one attached hydrogen (secondary N) is 2. The van der Waals surface area contributed by atoms with Gasteiger partial charge in [0.05, 0.1) is 0 Å². The maximum Gasteiger partial charge on any atom is 0.334 e. The maximum atomic E-state index is 12.4. The standard InChI is InChI=1S/C21H22N2O4/c1-3-21(20(26)27,17-7-5-4-6-8-17)23-18(24)14-11-15-9-12-16(13-10-15)19(25)22-2/h4-14H,3H2,1-2H3,(H,22,25)(H,23,24)(H,26,27)/b14-11+. The zero-order chi connectivity index (χ0) is 19.9. The molecule has 0 spiro atoms. The summed E-state index contributed by atoms with van der Waals surface area (Å²) in [5.74, 6) is -1.83. The third-order valence-electron chi connectivity index (χ3n) is 4.33. The van der Waals surface area contributed by atoms with Crippen molar-refractivity contribution >= 4 is 23.9 Å². The molecule has 27 heavy (non-hydrogen) atoms. The molecule has 1 atom stereocenters. The first-order chi connectivity index (χ1) is 12.9. The highest BCUT2D eigenvalue weighted by molar-refractivity contribution is 5.97. The van der Waals surface area contributed by atoms with Gasteiger partial charge in [-0.3, -0.25) is 9.59 Å². The van der Waals surface area contributed by atoms with Crippen LogP contribution in [0.5, 0.6) is 0 Å². The van der Waals surface area contributed by atoms with Gasteiger partial charge < -0.3 is 15.7 Å². The molecule has 2 aromatic carbocycles. The Hall–Kier alpha value is -3.41. The van der Waals surface area contributed by atoms with E-state index in [4.69, 9.17) is 0 Å². The van der Waals surface area contributed by atoms with E-state index in [1.165, 1.54) is 6.08 Å². The molecular formula is C21H22N2O4. The van der Waals surface area contributed by atoms with Crippen LogP contribution in [0.3, 0.4) is 0 Å². The van der Waals surface area contributed by atoms with E-state index in [1.807, 2.05) is 0 Å². The van der Waals surface area contributed by atoms with Crippen molar-refractivity contribution in [3.8, 4) is 0 Å². The van der Waals surface area contributed by atoms with E-state index in [2.05, 4.69) is 10.6 Å². The molecule has 0 bridgehead atoms. The average molecular weight is 366 g/mol. The van der Waals surface area contributed by atoms with E-state index >= 15 is 0 Å². The lowest BCUT2D eigenvalue weighted by Crippen LogP contribution is -2.51. The van der Waals surface area contributed by atoms with Crippen molar-refractivity contribution < 1.29 is 19.5 Å². The second kappa shape index (κ2) is 8.80. The molecule has 0 radical (unpaired) electrons. The van der Waals surface area contributed by atoms with Crippen molar-refractivity contribution in [2.45, 2.75) is 18.9 Å². The highest BCUT2D eigenvalue weighted by atomic mass is 16.4. The Balaban J connectivity index is 2.17. The predicted octanol–water partition coefficient (Wildman–Crippen LogP) is 2.57. The first-order valence-corrected chi connectivity index (χ1v) is 8.54. The molecule has 0 heterocycles. The Morgan fingerprint density at radius 1 is 1.04 bits per heavy atom. The van der Waals surface area contributed by atoms with Crippen LogP contribution in [0.4, 0.5) is 0 Å². The van der Waals surface area contributed by atoms with Crippen LogP contribution in [-0.2, 0) is 15.1 Å². The molecule has 1 unspecified atom stereocenters. The van der Waals surface area contributed by atoms with E-state index in [9.17, 15) is 19.5 Å². The number of carbonyl (C=O) groups is 3. The molecule has 0 aromatic heterocycles. The van der Waals surface area contributed by atoms with E-state index in [-0.39, 0.29) is 12.3 Å². The number of hydrogen-bond donors (Lipinski definition) is 3. The van der Waals surface area contributed by atoms with Gasteiger partial charge >= 0.3 is 5.97 Å². The quantitative estimate of drug-likeness (QED) is 0.656. The number of carboxylic acids is 1. The highest BCUT2D eigenvalue weighted by Gasteiger charge is 2.39. The molecular weight excluding hydrogens is 344 g/mol. The number of aliphatic carboxylic acids is 1. The van der Waals surface area contributed by atoms with Crippen LogP contribution < -0.4 is 10.6 Å². The molecule has 0 aliphatic heterocycles. The molecule has 0 aliphatic rings. The molecule has 6 nitrogen and oxygen atoms in total. The zero-order valence-electron chi connectivity index (χ0n) is 15.2. The summed E-state index contributed by atoms with van der Waals surface area (Å²) >= 11 is 0. The first kappa shape index (κ1) is 19.9. The summed E-state index contributed by atoms with van der Waals surface area (Å²) in [4.78, 5) is 35.8. The van der Waals surface area contributed by atoms with E-state index in [0.29, 0.717) is 11.1 Å². The van der Waals surface area contributed by atoms with Crippen molar-refractivity contribution in [1.29, 1.82) is 0 Å². The largest absolute Gasteiger partial charge is 0.479 e. The predicted molar refractivity (Wildman–Crippen MR) is 103 cm³/mol. The smallest absolute Gasteiger partial charge is 0.334 e. The SMILES string of the molecule is CCC(NC(=O)/C=C/c1ccc(C(=O)NC)cc1)(C(=O)O)c1ccccc1. The van der Waals surface area contributed by atoms with Crippen LogP contribution in [0, 0.1) is 0 Å². The van der Waals surface area contributed by atoms with Gasteiger partial charge in [0.1, 0.15) is 0 Å². The van der Waals surface area contributed by atoms with Gasteiger partial charge in [0.2, 0.25) is 5.91 Å². The van der Waals surface area contributed by atoms with Crippen molar-refractivity contribution in [3.63, 3.8) is 0 Å². The summed E-state index contributed by atoms with van der Waals surface area (Å²) in [6.07, 6.45) is 3.05. The number of hydrogen-bond acceptors (Lipinski definition) is 3. The Kier molecular flexibility index (Phi) is 6.49. The summed E-state index contributed by atoms with van der Waals surface area (Å²) in [7, 11) is 1.55. The van der Waals surface area contributed by atoms with Crippen molar-refractivity contribution in [1.82, 2.24) is 10.6 Å². The number of carbonyl (C=O) groups excluding carboxylic acids is 2. The van der Waals surface area contributed by atoms with Gasteiger partial charge in [-0.05, 0) is 35.8 Å². The second-order valence-corrected chi connectivity index (χ2v) is 5.95. The minimum Gasteiger partial charge on any atom is -0.479 e. The Bertz CT molecular complexity index is 844. The van der Waals surface area contributed by atoms with Gasteiger partial charge in [0.15, 0.2) is 5.54 Å². The van der Waals surface area contributed by atoms with Gasteiger partial charge in [-0.25, -0.2) is 4.79 Å². The molecule has 3 N–H and O–H groups in total. The third kappa shape index (κ3) is 4.61. The van der Waals surface area contributed by atoms with Gasteiger partial charge in [-0.1, -0.05) is 49.4 Å². The third-order valence-corrected chi connectivity index (χ3v) is 4.33. The van der Waals surface area contributed by atoms with E-state index in [0.717, 1.165) is 5.56 Å². The van der Waals surface area contributed by atoms with Gasteiger partial charge in [0.25, 0.3) is 5.91 Å². The summed E-state index contributed by atoms with van der Waals surface area (Å²) in [5, 5.41) is 14.9. The Labute approximate surface area is 157 Å². The van der Waals surface area contributed by atoms with Gasteiger partial charge in [-0.15, -0.1) is 0 Å². The molecule has 0 aliphatic carbocycles. The number of amides is 2. The van der Waals surface area contributed by atoms with Crippen LogP contribution in [0.2, 0.25) is 0 Å². The van der Waals surface area contributed by atoms with Crippen molar-refractivity contribution in [3.05, 3.63) is 77.4 Å². The summed E-state index contributed by atoms with van der Waals surface area (Å²) in [6, 6.07) is 15.3. The molecule has 0 saturated carbocycles. The molecule has 0 saturated heterocycles. The molecule has 2 amide bonds. The maximum absolute atomic E-state index is 12.4. The number of carboxylic acid groups (broad SMARTS) is 1. The Morgan fingerprint density at radius 3 is 2.19 bits per heavy atom. The van der Waals surface area contributed by atoms with Crippen LogP contribution >= 0.6 is 0 Å². The number of rotatable bonds is 7. The molecule has 6 heteroatoms. The fourth-order valence-electron chi connectivity index (χ4n) is 2.73. The van der Waals surface area contributed by atoms with E-state index < -0.39 is 17.4 Å². The molecule has 2 aromatic rings. The lowest BCUT2D eigenvalue weighted by molar-refractivity contribution is -0.147. The summed E-state index contributed by atoms with van der Waals surface area (Å²) in [6.45, 7) is 1.71. The van der Waals surface area contributed by atoms with E-state index in [1.54, 1.807) is 74.6 Å². The normalized spacial score (nSPS) is 13.0. The van der Waals surface area contributed by atoms with Gasteiger partial charge in [0, 0.05) is 18.7 Å². The highest BCUT2D eigenvalue weighted by Crippen LogP contribution is 2.25. The summed E-state index contributed by atoms with van der Waals surface area (Å²) in [5.41, 5.74) is 0.247. The van der Waals surface area contributed by atoms with Crippen molar-refractivity contribution in [2.24, 2.45) is 0 Å². The fraction of sp³-hybridized carbons (Fsp3) is 0.190. The lowest BCUT2D eigenvalue weighted by atomic mass is 9.87. The minimum absolute atomic E-state index is 0.194. The lowest BCUT2D eigenvalue weighted by Gasteiger charge is -2.29. The summed E-state index contributed by atoms with van der Waals surface area (Å²) < 4.78 is 0. The van der Waals surface area contributed by atoms with Crippen LogP contribution in [0.1, 0.15) is 34.8 Å². The second-order valence-electron chi connectivity index (χ2n) is 5.95. The Morgan fingerprint density at radius 2 is 1.67 bits per heavy atom. The average Bonchev–Trinajstić information content (AvgIpc) is 2.70. The topological polar surface area (TPSA) is 95.5 Å². The zero-order valence-corrected chi connectivity index (χ0v) is 15.2. The van der Waals surface area contributed by atoms with Crippen LogP contribution in [-0.4, -0.2) is 29.9 Å². The number of benzene rings is 2. The fourth-order valence-corrected chi connectivity index (χ4v) is 2.73.